The summed E-state index contributed by atoms with van der Waals surface area (Å²) in [5.41, 5.74) is 1.06. The van der Waals surface area contributed by atoms with Crippen LogP contribution < -0.4 is 0 Å². The molecule has 3 rings (SSSR count). The number of amides is 1. The second-order valence-corrected chi connectivity index (χ2v) is 6.10. The summed E-state index contributed by atoms with van der Waals surface area (Å²) in [6.07, 6.45) is 5.78. The van der Waals surface area contributed by atoms with Crippen molar-refractivity contribution in [2.24, 2.45) is 5.92 Å². The van der Waals surface area contributed by atoms with Crippen molar-refractivity contribution in [2.45, 2.75) is 32.9 Å². The molecule has 1 saturated carbocycles. The van der Waals surface area contributed by atoms with Crippen LogP contribution in [-0.2, 0) is 17.9 Å². The van der Waals surface area contributed by atoms with Gasteiger partial charge in [0.25, 0.3) is 0 Å². The highest BCUT2D eigenvalue weighted by molar-refractivity contribution is 6.31. The van der Waals surface area contributed by atoms with Crippen LogP contribution in [0.25, 0.3) is 0 Å². The number of hydrogen-bond acceptors (Lipinski definition) is 2. The number of rotatable bonds is 6. The molecule has 0 saturated heterocycles. The highest BCUT2D eigenvalue weighted by Gasteiger charge is 2.33. The number of hydrogen-bond donors (Lipinski definition) is 0. The summed E-state index contributed by atoms with van der Waals surface area (Å²) < 4.78 is 2.06. The summed E-state index contributed by atoms with van der Waals surface area (Å²) in [5, 5.41) is 0.753. The van der Waals surface area contributed by atoms with Crippen LogP contribution in [0.4, 0.5) is 0 Å². The van der Waals surface area contributed by atoms with Gasteiger partial charge in [-0.05, 0) is 31.4 Å². The summed E-state index contributed by atoms with van der Waals surface area (Å²) in [5.74, 6) is 1.40. The van der Waals surface area contributed by atoms with E-state index in [9.17, 15) is 4.79 Å². The van der Waals surface area contributed by atoms with E-state index in [1.54, 1.807) is 6.20 Å². The monoisotopic (exact) mass is 317 g/mol. The third kappa shape index (κ3) is 3.33. The van der Waals surface area contributed by atoms with Gasteiger partial charge in [-0.15, -0.1) is 0 Å². The Morgan fingerprint density at radius 2 is 2.18 bits per heavy atom. The van der Waals surface area contributed by atoms with Crippen molar-refractivity contribution in [3.8, 4) is 0 Å². The van der Waals surface area contributed by atoms with Crippen LogP contribution in [0.1, 0.15) is 31.2 Å². The summed E-state index contributed by atoms with van der Waals surface area (Å²) in [6, 6.07) is 7.81. The number of nitrogens with zero attached hydrogens (tertiary/aromatic N) is 3. The first kappa shape index (κ1) is 15.1. The van der Waals surface area contributed by atoms with Crippen LogP contribution in [-0.4, -0.2) is 26.9 Å². The fourth-order valence-corrected chi connectivity index (χ4v) is 2.75. The fourth-order valence-electron chi connectivity index (χ4n) is 2.55. The molecule has 1 aliphatic carbocycles. The molecule has 0 spiro atoms. The third-order valence-corrected chi connectivity index (χ3v) is 4.42. The normalized spacial score (nSPS) is 14.1. The molecule has 2 aromatic rings. The Hall–Kier alpha value is -1.81. The van der Waals surface area contributed by atoms with Gasteiger partial charge in [-0.1, -0.05) is 29.8 Å². The van der Waals surface area contributed by atoms with Crippen LogP contribution >= 0.6 is 11.6 Å². The average Bonchev–Trinajstić information content (AvgIpc) is 3.28. The van der Waals surface area contributed by atoms with Crippen LogP contribution in [0.15, 0.2) is 36.7 Å². The number of carbonyl (C=O) groups excluding carboxylic acids is 1. The number of imidazole rings is 1. The molecule has 4 nitrogen and oxygen atoms in total. The van der Waals surface area contributed by atoms with Gasteiger partial charge in [-0.2, -0.15) is 0 Å². The molecule has 0 N–H and O–H groups in total. The number of aromatic nitrogens is 2. The van der Waals surface area contributed by atoms with E-state index in [1.807, 2.05) is 42.3 Å². The standard InChI is InChI=1S/C17H20ClN3O/c1-2-20(17(22)13-7-8-13)12-16-19-9-10-21(16)11-14-5-3-4-6-15(14)18/h3-6,9-10,13H,2,7-8,11-12H2,1H3. The molecular weight excluding hydrogens is 298 g/mol. The van der Waals surface area contributed by atoms with Crippen molar-refractivity contribution in [3.05, 3.63) is 53.1 Å². The molecule has 0 aliphatic heterocycles. The second kappa shape index (κ2) is 6.53. The van der Waals surface area contributed by atoms with Crippen LogP contribution in [0.3, 0.4) is 0 Å². The van der Waals surface area contributed by atoms with Crippen molar-refractivity contribution < 1.29 is 4.79 Å². The number of benzene rings is 1. The molecule has 1 aromatic carbocycles. The van der Waals surface area contributed by atoms with Crippen LogP contribution in [0, 0.1) is 5.92 Å². The van der Waals surface area contributed by atoms with Gasteiger partial charge >= 0.3 is 0 Å². The maximum atomic E-state index is 12.3. The Balaban J connectivity index is 1.74. The van der Waals surface area contributed by atoms with Gasteiger partial charge in [0.1, 0.15) is 5.82 Å². The van der Waals surface area contributed by atoms with Gasteiger partial charge in [0, 0.05) is 29.9 Å². The van der Waals surface area contributed by atoms with E-state index in [1.165, 1.54) is 0 Å². The Kier molecular flexibility index (Phi) is 4.48. The van der Waals surface area contributed by atoms with Crippen molar-refractivity contribution in [3.63, 3.8) is 0 Å². The number of halogens is 1. The maximum Gasteiger partial charge on any atom is 0.226 e. The Morgan fingerprint density at radius 1 is 1.41 bits per heavy atom. The van der Waals surface area contributed by atoms with E-state index in [2.05, 4.69) is 9.55 Å². The molecule has 1 heterocycles. The van der Waals surface area contributed by atoms with Crippen molar-refractivity contribution >= 4 is 17.5 Å². The molecular formula is C17H20ClN3O. The molecule has 1 fully saturated rings. The highest BCUT2D eigenvalue weighted by Crippen LogP contribution is 2.31. The molecule has 1 amide bonds. The minimum atomic E-state index is 0.243. The van der Waals surface area contributed by atoms with Gasteiger partial charge in [0.15, 0.2) is 0 Å². The van der Waals surface area contributed by atoms with Crippen molar-refractivity contribution in [1.29, 1.82) is 0 Å². The molecule has 0 unspecified atom stereocenters. The van der Waals surface area contributed by atoms with Crippen molar-refractivity contribution in [1.82, 2.24) is 14.5 Å². The maximum absolute atomic E-state index is 12.3. The molecule has 1 aliphatic rings. The predicted octanol–water partition coefficient (Wildman–Crippen LogP) is 3.34. The predicted molar refractivity (Wildman–Crippen MR) is 86.6 cm³/mol. The first-order valence-electron chi connectivity index (χ1n) is 7.71. The van der Waals surface area contributed by atoms with Crippen LogP contribution in [0.5, 0.6) is 0 Å². The molecule has 5 heteroatoms. The lowest BCUT2D eigenvalue weighted by Crippen LogP contribution is -2.32. The smallest absolute Gasteiger partial charge is 0.226 e. The van der Waals surface area contributed by atoms with E-state index in [0.29, 0.717) is 19.6 Å². The number of carbonyl (C=O) groups is 1. The van der Waals surface area contributed by atoms with E-state index < -0.39 is 0 Å². The zero-order valence-corrected chi connectivity index (χ0v) is 13.5. The first-order chi connectivity index (χ1) is 10.7. The summed E-state index contributed by atoms with van der Waals surface area (Å²) in [7, 11) is 0. The molecule has 0 atom stereocenters. The van der Waals surface area contributed by atoms with E-state index in [4.69, 9.17) is 11.6 Å². The SMILES string of the molecule is CCN(Cc1nccn1Cc1ccccc1Cl)C(=O)C1CC1. The average molecular weight is 318 g/mol. The molecule has 1 aromatic heterocycles. The lowest BCUT2D eigenvalue weighted by atomic mass is 10.2. The van der Waals surface area contributed by atoms with Gasteiger partial charge in [-0.25, -0.2) is 4.98 Å². The zero-order chi connectivity index (χ0) is 15.5. The molecule has 22 heavy (non-hydrogen) atoms. The third-order valence-electron chi connectivity index (χ3n) is 4.05. The Labute approximate surface area is 135 Å². The van der Waals surface area contributed by atoms with E-state index >= 15 is 0 Å². The second-order valence-electron chi connectivity index (χ2n) is 5.69. The van der Waals surface area contributed by atoms with E-state index in [0.717, 1.165) is 29.3 Å². The summed E-state index contributed by atoms with van der Waals surface area (Å²) in [6.45, 7) is 3.96. The quantitative estimate of drug-likeness (QED) is 0.819. The van der Waals surface area contributed by atoms with Gasteiger partial charge in [0.05, 0.1) is 13.1 Å². The largest absolute Gasteiger partial charge is 0.335 e. The lowest BCUT2D eigenvalue weighted by molar-refractivity contribution is -0.133. The topological polar surface area (TPSA) is 38.1 Å². The fraction of sp³-hybridized carbons (Fsp3) is 0.412. The minimum Gasteiger partial charge on any atom is -0.335 e. The zero-order valence-electron chi connectivity index (χ0n) is 12.7. The summed E-state index contributed by atoms with van der Waals surface area (Å²) in [4.78, 5) is 18.6. The molecule has 116 valence electrons. The Morgan fingerprint density at radius 3 is 2.86 bits per heavy atom. The Bertz CT molecular complexity index is 663. The lowest BCUT2D eigenvalue weighted by Gasteiger charge is -2.21. The van der Waals surface area contributed by atoms with E-state index in [-0.39, 0.29) is 11.8 Å². The minimum absolute atomic E-state index is 0.243. The van der Waals surface area contributed by atoms with Crippen molar-refractivity contribution in [2.75, 3.05) is 6.54 Å². The first-order valence-corrected chi connectivity index (χ1v) is 8.09. The van der Waals surface area contributed by atoms with Crippen LogP contribution in [0.2, 0.25) is 5.02 Å². The van der Waals surface area contributed by atoms with Gasteiger partial charge in [-0.3, -0.25) is 4.79 Å². The molecule has 0 bridgehead atoms. The van der Waals surface area contributed by atoms with Gasteiger partial charge < -0.3 is 9.47 Å². The highest BCUT2D eigenvalue weighted by atomic mass is 35.5. The molecule has 0 radical (unpaired) electrons. The van der Waals surface area contributed by atoms with Gasteiger partial charge in [0.2, 0.25) is 5.91 Å². The summed E-state index contributed by atoms with van der Waals surface area (Å²) >= 11 is 6.23.